The smallest absolute Gasteiger partial charge is 0.138 e. The van der Waals surface area contributed by atoms with Crippen LogP contribution in [0, 0.1) is 6.92 Å². The van der Waals surface area contributed by atoms with Crippen molar-refractivity contribution in [1.29, 1.82) is 0 Å². The van der Waals surface area contributed by atoms with Crippen LogP contribution in [0.3, 0.4) is 0 Å². The predicted octanol–water partition coefficient (Wildman–Crippen LogP) is 4.29. The Morgan fingerprint density at radius 3 is 2.72 bits per heavy atom. The van der Waals surface area contributed by atoms with Gasteiger partial charge in [-0.25, -0.2) is 0 Å². The average Bonchev–Trinajstić information content (AvgIpc) is 3.10. The number of ether oxygens (including phenoxy) is 1. The van der Waals surface area contributed by atoms with Crippen molar-refractivity contribution in [2.24, 2.45) is 5.16 Å². The molecule has 0 saturated heterocycles. The molecule has 1 aliphatic heterocycles. The van der Waals surface area contributed by atoms with Crippen LogP contribution in [-0.2, 0) is 11.3 Å². The number of fused-ring (bicyclic) bond motifs is 1. The molecule has 0 radical (unpaired) electrons. The molecule has 1 unspecified atom stereocenters. The lowest BCUT2D eigenvalue weighted by Gasteiger charge is -2.10. The topological polar surface area (TPSA) is 43.7 Å². The second-order valence-corrected chi connectivity index (χ2v) is 6.35. The molecule has 0 fully saturated rings. The maximum Gasteiger partial charge on any atom is 0.138 e. The normalized spacial score (nSPS) is 16.6. The molecule has 1 aliphatic rings. The zero-order valence-corrected chi connectivity index (χ0v) is 14.4. The number of oxime groups is 1. The van der Waals surface area contributed by atoms with Gasteiger partial charge in [-0.3, -0.25) is 4.98 Å². The molecule has 0 spiro atoms. The van der Waals surface area contributed by atoms with Crippen molar-refractivity contribution < 1.29 is 9.57 Å². The van der Waals surface area contributed by atoms with Crippen LogP contribution in [0.1, 0.15) is 23.2 Å². The van der Waals surface area contributed by atoms with Crippen molar-refractivity contribution in [2.75, 3.05) is 7.11 Å². The Morgan fingerprint density at radius 1 is 1.12 bits per heavy atom. The summed E-state index contributed by atoms with van der Waals surface area (Å²) in [7, 11) is 1.67. The molecule has 1 aromatic heterocycles. The third-order valence-electron chi connectivity index (χ3n) is 4.57. The summed E-state index contributed by atoms with van der Waals surface area (Å²) in [6.45, 7) is 2.13. The van der Waals surface area contributed by atoms with Crippen molar-refractivity contribution in [3.63, 3.8) is 0 Å². The third kappa shape index (κ3) is 3.20. The monoisotopic (exact) mass is 332 g/mol. The van der Waals surface area contributed by atoms with Gasteiger partial charge in [0.1, 0.15) is 11.9 Å². The Hall–Kier alpha value is -2.88. The highest BCUT2D eigenvalue weighted by Crippen LogP contribution is 2.23. The van der Waals surface area contributed by atoms with Crippen LogP contribution in [0.5, 0.6) is 5.75 Å². The van der Waals surface area contributed by atoms with Gasteiger partial charge in [-0.15, -0.1) is 0 Å². The molecule has 4 nitrogen and oxygen atoms in total. The van der Waals surface area contributed by atoms with E-state index in [0.717, 1.165) is 41.1 Å². The van der Waals surface area contributed by atoms with Crippen molar-refractivity contribution >= 4 is 16.6 Å². The van der Waals surface area contributed by atoms with Gasteiger partial charge in [-0.1, -0.05) is 23.4 Å². The lowest BCUT2D eigenvalue weighted by Crippen LogP contribution is -2.13. The average molecular weight is 332 g/mol. The zero-order valence-electron chi connectivity index (χ0n) is 14.4. The summed E-state index contributed by atoms with van der Waals surface area (Å²) in [5, 5.41) is 5.47. The Kier molecular flexibility index (Phi) is 4.10. The highest BCUT2D eigenvalue weighted by molar-refractivity contribution is 6.01. The summed E-state index contributed by atoms with van der Waals surface area (Å²) < 4.78 is 5.20. The SMILES string of the molecule is COc1ccc(C2=NOC(Cc3cc(C)c4ccccc4n3)C2)cc1. The fourth-order valence-electron chi connectivity index (χ4n) is 3.25. The molecule has 0 amide bonds. The van der Waals surface area contributed by atoms with Crippen molar-refractivity contribution in [2.45, 2.75) is 25.9 Å². The standard InChI is InChI=1S/C21H20N2O2/c1-14-11-16(22-20-6-4-3-5-19(14)20)12-18-13-21(23-25-18)15-7-9-17(24-2)10-8-15/h3-11,18H,12-13H2,1-2H3. The van der Waals surface area contributed by atoms with E-state index in [1.165, 1.54) is 10.9 Å². The number of pyridine rings is 1. The first kappa shape index (κ1) is 15.6. The first-order valence-electron chi connectivity index (χ1n) is 8.45. The van der Waals surface area contributed by atoms with E-state index in [0.29, 0.717) is 0 Å². The van der Waals surface area contributed by atoms with E-state index < -0.39 is 0 Å². The maximum absolute atomic E-state index is 5.65. The van der Waals surface area contributed by atoms with E-state index in [4.69, 9.17) is 14.6 Å². The predicted molar refractivity (Wildman–Crippen MR) is 99.2 cm³/mol. The molecular formula is C21H20N2O2. The zero-order chi connectivity index (χ0) is 17.2. The van der Waals surface area contributed by atoms with Crippen LogP contribution in [0.25, 0.3) is 10.9 Å². The van der Waals surface area contributed by atoms with E-state index in [-0.39, 0.29) is 6.10 Å². The molecule has 126 valence electrons. The van der Waals surface area contributed by atoms with Gasteiger partial charge in [0, 0.05) is 23.9 Å². The van der Waals surface area contributed by atoms with Crippen molar-refractivity contribution in [3.8, 4) is 5.75 Å². The lowest BCUT2D eigenvalue weighted by atomic mass is 10.0. The van der Waals surface area contributed by atoms with Gasteiger partial charge in [0.25, 0.3) is 0 Å². The van der Waals surface area contributed by atoms with Gasteiger partial charge in [0.2, 0.25) is 0 Å². The molecule has 0 saturated carbocycles. The second-order valence-electron chi connectivity index (χ2n) is 6.35. The summed E-state index contributed by atoms with van der Waals surface area (Å²) in [5.74, 6) is 0.843. The molecule has 2 aromatic carbocycles. The quantitative estimate of drug-likeness (QED) is 0.716. The Bertz CT molecular complexity index is 932. The molecule has 3 aromatic rings. The Morgan fingerprint density at radius 2 is 1.92 bits per heavy atom. The van der Waals surface area contributed by atoms with E-state index in [1.807, 2.05) is 36.4 Å². The minimum Gasteiger partial charge on any atom is -0.497 e. The van der Waals surface area contributed by atoms with Crippen LogP contribution < -0.4 is 4.74 Å². The molecule has 4 rings (SSSR count). The van der Waals surface area contributed by atoms with Crippen LogP contribution in [-0.4, -0.2) is 23.9 Å². The van der Waals surface area contributed by atoms with Gasteiger partial charge in [0.05, 0.1) is 18.3 Å². The van der Waals surface area contributed by atoms with Gasteiger partial charge in [-0.05, 0) is 54.4 Å². The molecule has 2 heterocycles. The summed E-state index contributed by atoms with van der Waals surface area (Å²) in [5.41, 5.74) is 5.38. The van der Waals surface area contributed by atoms with Gasteiger partial charge in [0.15, 0.2) is 0 Å². The van der Waals surface area contributed by atoms with E-state index in [1.54, 1.807) is 7.11 Å². The second kappa shape index (κ2) is 6.55. The number of aromatic nitrogens is 1. The summed E-state index contributed by atoms with van der Waals surface area (Å²) in [6, 6.07) is 18.3. The molecule has 25 heavy (non-hydrogen) atoms. The Labute approximate surface area is 147 Å². The number of hydrogen-bond donors (Lipinski definition) is 0. The number of rotatable bonds is 4. The van der Waals surface area contributed by atoms with Crippen LogP contribution in [0.2, 0.25) is 0 Å². The number of aryl methyl sites for hydroxylation is 1. The first-order chi connectivity index (χ1) is 12.2. The lowest BCUT2D eigenvalue weighted by molar-refractivity contribution is 0.0852. The molecule has 0 aliphatic carbocycles. The van der Waals surface area contributed by atoms with E-state index in [9.17, 15) is 0 Å². The van der Waals surface area contributed by atoms with E-state index in [2.05, 4.69) is 30.3 Å². The minimum atomic E-state index is 0.0326. The van der Waals surface area contributed by atoms with Crippen molar-refractivity contribution in [1.82, 2.24) is 4.98 Å². The molecule has 0 bridgehead atoms. The number of nitrogens with zero attached hydrogens (tertiary/aromatic N) is 2. The maximum atomic E-state index is 5.65. The first-order valence-corrected chi connectivity index (χ1v) is 8.45. The third-order valence-corrected chi connectivity index (χ3v) is 4.57. The molecule has 1 atom stereocenters. The molecule has 0 N–H and O–H groups in total. The van der Waals surface area contributed by atoms with Gasteiger partial charge in [-0.2, -0.15) is 0 Å². The fourth-order valence-corrected chi connectivity index (χ4v) is 3.25. The Balaban J connectivity index is 1.48. The molecular weight excluding hydrogens is 312 g/mol. The minimum absolute atomic E-state index is 0.0326. The fraction of sp³-hybridized carbons (Fsp3) is 0.238. The van der Waals surface area contributed by atoms with Crippen LogP contribution in [0.4, 0.5) is 0 Å². The van der Waals surface area contributed by atoms with Crippen molar-refractivity contribution in [3.05, 3.63) is 71.4 Å². The summed E-state index contributed by atoms with van der Waals surface area (Å²) in [6.07, 6.45) is 1.58. The van der Waals surface area contributed by atoms with Crippen LogP contribution in [0.15, 0.2) is 59.8 Å². The summed E-state index contributed by atoms with van der Waals surface area (Å²) >= 11 is 0. The molecule has 4 heteroatoms. The van der Waals surface area contributed by atoms with Crippen LogP contribution >= 0.6 is 0 Å². The van der Waals surface area contributed by atoms with Gasteiger partial charge < -0.3 is 9.57 Å². The number of para-hydroxylation sites is 1. The highest BCUT2D eigenvalue weighted by atomic mass is 16.6. The largest absolute Gasteiger partial charge is 0.497 e. The number of hydrogen-bond acceptors (Lipinski definition) is 4. The number of methoxy groups -OCH3 is 1. The number of benzene rings is 2. The highest BCUT2D eigenvalue weighted by Gasteiger charge is 2.23. The summed E-state index contributed by atoms with van der Waals surface area (Å²) in [4.78, 5) is 10.4. The van der Waals surface area contributed by atoms with Gasteiger partial charge >= 0.3 is 0 Å². The van der Waals surface area contributed by atoms with E-state index >= 15 is 0 Å².